The molecule has 0 saturated carbocycles. The number of anilines is 2. The van der Waals surface area contributed by atoms with Crippen molar-refractivity contribution in [2.75, 3.05) is 17.2 Å². The molecule has 6 nitrogen and oxygen atoms in total. The molecule has 0 aliphatic rings. The first-order valence-electron chi connectivity index (χ1n) is 7.70. The minimum Gasteiger partial charge on any atom is -0.337 e. The van der Waals surface area contributed by atoms with E-state index >= 15 is 0 Å². The molecule has 0 aliphatic heterocycles. The van der Waals surface area contributed by atoms with Crippen LogP contribution in [0.25, 0.3) is 0 Å². The van der Waals surface area contributed by atoms with Crippen LogP contribution in [0.2, 0.25) is 0 Å². The Hall–Kier alpha value is -2.41. The molecule has 2 rings (SSSR count). The van der Waals surface area contributed by atoms with Crippen molar-refractivity contribution in [2.24, 2.45) is 0 Å². The van der Waals surface area contributed by atoms with Crippen LogP contribution in [0.15, 0.2) is 23.7 Å². The largest absolute Gasteiger partial charge is 0.337 e. The first-order chi connectivity index (χ1) is 11.4. The highest BCUT2D eigenvalue weighted by Crippen LogP contribution is 2.25. The summed E-state index contributed by atoms with van der Waals surface area (Å²) in [5.74, 6) is 0.0530. The highest BCUT2D eigenvalue weighted by atomic mass is 32.1. The number of rotatable bonds is 5. The van der Waals surface area contributed by atoms with E-state index in [0.29, 0.717) is 12.2 Å². The van der Waals surface area contributed by atoms with Crippen LogP contribution in [0, 0.1) is 13.8 Å². The van der Waals surface area contributed by atoms with E-state index in [4.69, 9.17) is 0 Å². The van der Waals surface area contributed by atoms with Gasteiger partial charge in [-0.1, -0.05) is 6.92 Å². The second-order valence-corrected chi connectivity index (χ2v) is 6.70. The number of benzene rings is 1. The quantitative estimate of drug-likeness (QED) is 0.773. The molecule has 1 atom stereocenters. The van der Waals surface area contributed by atoms with Crippen LogP contribution in [0.1, 0.15) is 35.9 Å². The normalized spacial score (nSPS) is 11.7. The predicted molar refractivity (Wildman–Crippen MR) is 97.8 cm³/mol. The van der Waals surface area contributed by atoms with Crippen LogP contribution in [0.5, 0.6) is 0 Å². The van der Waals surface area contributed by atoms with E-state index in [1.54, 1.807) is 17.5 Å². The maximum atomic E-state index is 12.1. The van der Waals surface area contributed by atoms with Gasteiger partial charge in [-0.15, -0.1) is 11.3 Å². The van der Waals surface area contributed by atoms with Crippen molar-refractivity contribution in [3.05, 3.63) is 39.8 Å². The van der Waals surface area contributed by atoms with Crippen LogP contribution in [-0.2, 0) is 4.79 Å². The maximum Gasteiger partial charge on any atom is 0.319 e. The third kappa shape index (κ3) is 4.79. The Labute approximate surface area is 145 Å². The minimum atomic E-state index is -0.260. The molecule has 3 amide bonds. The second kappa shape index (κ2) is 7.92. The number of urea groups is 1. The number of carbonyl (C=O) groups excluding carboxylic acids is 2. The lowest BCUT2D eigenvalue weighted by molar-refractivity contribution is -0.114. The molecule has 1 heterocycles. The molecule has 0 bridgehead atoms. The lowest BCUT2D eigenvalue weighted by atomic mass is 10.1. The Morgan fingerprint density at radius 1 is 1.21 bits per heavy atom. The number of nitrogens with one attached hydrogen (secondary N) is 3. The van der Waals surface area contributed by atoms with Crippen molar-refractivity contribution >= 4 is 34.6 Å². The van der Waals surface area contributed by atoms with E-state index in [1.165, 1.54) is 6.92 Å². The average Bonchev–Trinajstić information content (AvgIpc) is 3.03. The van der Waals surface area contributed by atoms with Gasteiger partial charge in [-0.3, -0.25) is 4.79 Å². The zero-order valence-electron chi connectivity index (χ0n) is 14.3. The van der Waals surface area contributed by atoms with E-state index in [0.717, 1.165) is 21.8 Å². The summed E-state index contributed by atoms with van der Waals surface area (Å²) in [4.78, 5) is 27.5. The van der Waals surface area contributed by atoms with Crippen molar-refractivity contribution in [3.8, 4) is 0 Å². The van der Waals surface area contributed by atoms with Gasteiger partial charge >= 0.3 is 6.03 Å². The van der Waals surface area contributed by atoms with E-state index in [2.05, 4.69) is 20.9 Å². The zero-order valence-corrected chi connectivity index (χ0v) is 15.1. The molecule has 0 aliphatic carbocycles. The van der Waals surface area contributed by atoms with Gasteiger partial charge < -0.3 is 16.0 Å². The van der Waals surface area contributed by atoms with E-state index in [9.17, 15) is 9.59 Å². The number of thiazole rings is 1. The molecule has 128 valence electrons. The number of hydrogen-bond donors (Lipinski definition) is 3. The third-order valence-electron chi connectivity index (χ3n) is 3.53. The van der Waals surface area contributed by atoms with Gasteiger partial charge in [-0.25, -0.2) is 9.78 Å². The van der Waals surface area contributed by atoms with Gasteiger partial charge in [0, 0.05) is 42.3 Å². The molecule has 0 fully saturated rings. The average molecular weight is 346 g/mol. The van der Waals surface area contributed by atoms with Crippen molar-refractivity contribution in [2.45, 2.75) is 33.6 Å². The van der Waals surface area contributed by atoms with Crippen LogP contribution < -0.4 is 16.0 Å². The smallest absolute Gasteiger partial charge is 0.319 e. The lowest BCUT2D eigenvalue weighted by Crippen LogP contribution is -2.31. The van der Waals surface area contributed by atoms with Gasteiger partial charge in [-0.2, -0.15) is 0 Å². The highest BCUT2D eigenvalue weighted by molar-refractivity contribution is 7.09. The Morgan fingerprint density at radius 2 is 1.88 bits per heavy atom. The molecule has 1 aromatic carbocycles. The molecule has 0 spiro atoms. The lowest BCUT2D eigenvalue weighted by Gasteiger charge is -2.15. The molecule has 24 heavy (non-hydrogen) atoms. The van der Waals surface area contributed by atoms with Crippen LogP contribution in [-0.4, -0.2) is 23.5 Å². The molecule has 0 unspecified atom stereocenters. The topological polar surface area (TPSA) is 83.1 Å². The summed E-state index contributed by atoms with van der Waals surface area (Å²) in [5, 5.41) is 11.4. The Kier molecular flexibility index (Phi) is 5.92. The predicted octanol–water partition coefficient (Wildman–Crippen LogP) is 3.64. The van der Waals surface area contributed by atoms with E-state index in [-0.39, 0.29) is 17.9 Å². The first-order valence-corrected chi connectivity index (χ1v) is 8.58. The van der Waals surface area contributed by atoms with Crippen molar-refractivity contribution in [1.82, 2.24) is 10.3 Å². The Balaban J connectivity index is 1.95. The third-order valence-corrected chi connectivity index (χ3v) is 4.54. The van der Waals surface area contributed by atoms with E-state index in [1.807, 2.05) is 38.3 Å². The van der Waals surface area contributed by atoms with Crippen molar-refractivity contribution in [1.29, 1.82) is 0 Å². The summed E-state index contributed by atoms with van der Waals surface area (Å²) in [5.41, 5.74) is 3.28. The summed E-state index contributed by atoms with van der Waals surface area (Å²) < 4.78 is 0. The summed E-state index contributed by atoms with van der Waals surface area (Å²) in [6.45, 7) is 7.80. The van der Waals surface area contributed by atoms with E-state index < -0.39 is 0 Å². The van der Waals surface area contributed by atoms with Crippen LogP contribution >= 0.6 is 11.3 Å². The fourth-order valence-corrected chi connectivity index (χ4v) is 3.09. The molecule has 0 saturated heterocycles. The summed E-state index contributed by atoms with van der Waals surface area (Å²) in [6, 6.07) is 3.41. The number of nitrogens with zero attached hydrogens (tertiary/aromatic N) is 1. The standard InChI is InChI=1S/C17H22N4O2S/c1-10-7-14(8-11(2)15(10)20-13(4)22)21-17(23)19-9-12(3)16-18-5-6-24-16/h5-8,12H,9H2,1-4H3,(H,20,22)(H2,19,21,23)/t12-/m1/s1. The van der Waals surface area contributed by atoms with Gasteiger partial charge in [0.25, 0.3) is 0 Å². The van der Waals surface area contributed by atoms with Gasteiger partial charge in [0.2, 0.25) is 5.91 Å². The van der Waals surface area contributed by atoms with Crippen molar-refractivity contribution in [3.63, 3.8) is 0 Å². The molecular weight excluding hydrogens is 324 g/mol. The fourth-order valence-electron chi connectivity index (χ4n) is 2.40. The zero-order chi connectivity index (χ0) is 17.7. The first kappa shape index (κ1) is 17.9. The van der Waals surface area contributed by atoms with Crippen molar-refractivity contribution < 1.29 is 9.59 Å². The van der Waals surface area contributed by atoms with Crippen LogP contribution in [0.3, 0.4) is 0 Å². The fraction of sp³-hybridized carbons (Fsp3) is 0.353. The Bertz CT molecular complexity index is 705. The molecule has 2 aromatic rings. The summed E-state index contributed by atoms with van der Waals surface area (Å²) >= 11 is 1.58. The number of aromatic nitrogens is 1. The Morgan fingerprint density at radius 3 is 2.42 bits per heavy atom. The summed E-state index contributed by atoms with van der Waals surface area (Å²) in [6.07, 6.45) is 1.76. The molecule has 3 N–H and O–H groups in total. The minimum absolute atomic E-state index is 0.115. The highest BCUT2D eigenvalue weighted by Gasteiger charge is 2.11. The van der Waals surface area contributed by atoms with Gasteiger partial charge in [0.1, 0.15) is 0 Å². The van der Waals surface area contributed by atoms with Crippen LogP contribution in [0.4, 0.5) is 16.2 Å². The molecular formula is C17H22N4O2S. The number of amides is 3. The van der Waals surface area contributed by atoms with Gasteiger partial charge in [0.05, 0.1) is 5.01 Å². The molecule has 1 aromatic heterocycles. The van der Waals surface area contributed by atoms with Gasteiger partial charge in [-0.05, 0) is 37.1 Å². The number of carbonyl (C=O) groups is 2. The SMILES string of the molecule is CC(=O)Nc1c(C)cc(NC(=O)NC[C@@H](C)c2nccs2)cc1C. The maximum absolute atomic E-state index is 12.1. The second-order valence-electron chi connectivity index (χ2n) is 5.77. The molecule has 7 heteroatoms. The number of hydrogen-bond acceptors (Lipinski definition) is 4. The monoisotopic (exact) mass is 346 g/mol. The number of aryl methyl sites for hydroxylation is 2. The summed E-state index contributed by atoms with van der Waals surface area (Å²) in [7, 11) is 0. The van der Waals surface area contributed by atoms with Gasteiger partial charge in [0.15, 0.2) is 0 Å². The molecule has 0 radical (unpaired) electrons.